The van der Waals surface area contributed by atoms with E-state index in [1.807, 2.05) is 30.3 Å². The van der Waals surface area contributed by atoms with E-state index in [9.17, 15) is 14.4 Å². The van der Waals surface area contributed by atoms with Gasteiger partial charge in [-0.3, -0.25) is 9.59 Å². The second-order valence-electron chi connectivity index (χ2n) is 7.23. The molecule has 1 aliphatic rings. The highest BCUT2D eigenvalue weighted by Crippen LogP contribution is 2.19. The molecule has 10 heteroatoms. The van der Waals surface area contributed by atoms with E-state index in [0.29, 0.717) is 25.1 Å². The Kier molecular flexibility index (Phi) is 7.99. The van der Waals surface area contributed by atoms with E-state index in [4.69, 9.17) is 9.84 Å². The van der Waals surface area contributed by atoms with E-state index in [0.717, 1.165) is 5.56 Å². The van der Waals surface area contributed by atoms with Crippen molar-refractivity contribution < 1.29 is 24.2 Å². The van der Waals surface area contributed by atoms with Crippen molar-refractivity contribution >= 4 is 17.9 Å². The van der Waals surface area contributed by atoms with Gasteiger partial charge >= 0.3 is 6.09 Å². The van der Waals surface area contributed by atoms with Crippen molar-refractivity contribution in [2.75, 3.05) is 19.7 Å². The van der Waals surface area contributed by atoms with Gasteiger partial charge in [0.15, 0.2) is 0 Å². The molecule has 3 amide bonds. The van der Waals surface area contributed by atoms with E-state index < -0.39 is 18.2 Å². The molecular formula is C21H27N5O5. The molecule has 31 heavy (non-hydrogen) atoms. The predicted octanol–water partition coefficient (Wildman–Crippen LogP) is 0.347. The molecule has 1 aliphatic heterocycles. The summed E-state index contributed by atoms with van der Waals surface area (Å²) < 4.78 is 5.26. The summed E-state index contributed by atoms with van der Waals surface area (Å²) in [4.78, 5) is 46.5. The lowest BCUT2D eigenvalue weighted by molar-refractivity contribution is -0.140. The fourth-order valence-corrected chi connectivity index (χ4v) is 3.52. The molecule has 2 atom stereocenters. The van der Waals surface area contributed by atoms with Crippen LogP contribution in [0.15, 0.2) is 42.9 Å². The Morgan fingerprint density at radius 2 is 2.10 bits per heavy atom. The third-order valence-corrected chi connectivity index (χ3v) is 5.02. The molecule has 10 nitrogen and oxygen atoms in total. The quantitative estimate of drug-likeness (QED) is 0.454. The second-order valence-corrected chi connectivity index (χ2v) is 7.23. The van der Waals surface area contributed by atoms with Crippen molar-refractivity contribution in [3.05, 3.63) is 54.1 Å². The summed E-state index contributed by atoms with van der Waals surface area (Å²) in [6.45, 7) is 0.431. The molecular weight excluding hydrogens is 402 g/mol. The molecule has 0 spiro atoms. The van der Waals surface area contributed by atoms with E-state index in [2.05, 4.69) is 20.6 Å². The van der Waals surface area contributed by atoms with Crippen molar-refractivity contribution in [2.24, 2.45) is 0 Å². The molecule has 1 fully saturated rings. The van der Waals surface area contributed by atoms with Gasteiger partial charge in [0.05, 0.1) is 18.6 Å². The molecule has 3 rings (SSSR count). The van der Waals surface area contributed by atoms with Crippen LogP contribution < -0.4 is 10.6 Å². The molecule has 1 saturated heterocycles. The molecule has 0 saturated carbocycles. The zero-order chi connectivity index (χ0) is 22.1. The first-order valence-electron chi connectivity index (χ1n) is 10.2. The number of H-pyrrole nitrogens is 1. The summed E-state index contributed by atoms with van der Waals surface area (Å²) in [5.41, 5.74) is 1.43. The van der Waals surface area contributed by atoms with Crippen LogP contribution in [-0.2, 0) is 27.4 Å². The Labute approximate surface area is 180 Å². The van der Waals surface area contributed by atoms with Crippen LogP contribution in [0.4, 0.5) is 4.79 Å². The minimum atomic E-state index is -0.933. The number of hydrogen-bond donors (Lipinski definition) is 4. The number of alkyl carbamates (subject to hydrolysis) is 1. The number of carbonyl (C=O) groups is 3. The number of hydrogen-bond acceptors (Lipinski definition) is 6. The molecule has 0 bridgehead atoms. The zero-order valence-corrected chi connectivity index (χ0v) is 17.1. The average Bonchev–Trinajstić information content (AvgIpc) is 3.48. The van der Waals surface area contributed by atoms with Gasteiger partial charge < -0.3 is 30.4 Å². The van der Waals surface area contributed by atoms with Crippen LogP contribution in [0.3, 0.4) is 0 Å². The van der Waals surface area contributed by atoms with Crippen molar-refractivity contribution in [3.8, 4) is 0 Å². The maximum atomic E-state index is 13.3. The van der Waals surface area contributed by atoms with Crippen molar-refractivity contribution in [1.82, 2.24) is 25.5 Å². The summed E-state index contributed by atoms with van der Waals surface area (Å²) in [7, 11) is 0. The molecule has 4 N–H and O–H groups in total. The second kappa shape index (κ2) is 11.1. The number of aliphatic hydroxyl groups excluding tert-OH is 1. The monoisotopic (exact) mass is 429 g/mol. The van der Waals surface area contributed by atoms with Gasteiger partial charge in [0, 0.05) is 25.7 Å². The molecule has 1 aromatic carbocycles. The van der Waals surface area contributed by atoms with Gasteiger partial charge in [0.25, 0.3) is 0 Å². The standard InChI is InChI=1S/C21H27N5O5/c27-10-8-23-19(28)18-7-4-9-26(18)20(29)17(11-16-12-22-14-24-16)25-21(30)31-13-15-5-2-1-3-6-15/h1-3,5-6,12,14,17-18,27H,4,7-11,13H2,(H,22,24)(H,23,28)(H,25,30)/t17-,18-/m0/s1. The van der Waals surface area contributed by atoms with E-state index >= 15 is 0 Å². The Bertz CT molecular complexity index is 858. The summed E-state index contributed by atoms with van der Waals surface area (Å²) in [5, 5.41) is 14.2. The van der Waals surface area contributed by atoms with Crippen LogP contribution in [0, 0.1) is 0 Å². The van der Waals surface area contributed by atoms with E-state index in [1.165, 1.54) is 11.2 Å². The van der Waals surface area contributed by atoms with Crippen LogP contribution in [0.25, 0.3) is 0 Å². The van der Waals surface area contributed by atoms with Crippen molar-refractivity contribution in [1.29, 1.82) is 0 Å². The van der Waals surface area contributed by atoms with Gasteiger partial charge in [0.1, 0.15) is 18.7 Å². The number of amides is 3. The van der Waals surface area contributed by atoms with Gasteiger partial charge in [0.2, 0.25) is 11.8 Å². The number of aromatic nitrogens is 2. The Hall–Kier alpha value is -3.40. The Balaban J connectivity index is 1.66. The molecule has 166 valence electrons. The third-order valence-electron chi connectivity index (χ3n) is 5.02. The number of carbonyl (C=O) groups excluding carboxylic acids is 3. The number of imidazole rings is 1. The first kappa shape index (κ1) is 22.3. The summed E-state index contributed by atoms with van der Waals surface area (Å²) in [5.74, 6) is -0.689. The predicted molar refractivity (Wildman–Crippen MR) is 111 cm³/mol. The molecule has 0 aliphatic carbocycles. The van der Waals surface area contributed by atoms with Gasteiger partial charge in [-0.15, -0.1) is 0 Å². The molecule has 2 aromatic rings. The highest BCUT2D eigenvalue weighted by molar-refractivity contribution is 5.92. The Morgan fingerprint density at radius 1 is 1.29 bits per heavy atom. The lowest BCUT2D eigenvalue weighted by Gasteiger charge is -2.28. The lowest BCUT2D eigenvalue weighted by Crippen LogP contribution is -2.54. The van der Waals surface area contributed by atoms with Crippen LogP contribution >= 0.6 is 0 Å². The lowest BCUT2D eigenvalue weighted by atomic mass is 10.1. The fourth-order valence-electron chi connectivity index (χ4n) is 3.52. The zero-order valence-electron chi connectivity index (χ0n) is 17.1. The minimum Gasteiger partial charge on any atom is -0.445 e. The highest BCUT2D eigenvalue weighted by atomic mass is 16.5. The minimum absolute atomic E-state index is 0.0753. The number of aromatic amines is 1. The molecule has 1 aromatic heterocycles. The number of nitrogens with one attached hydrogen (secondary N) is 3. The molecule has 2 heterocycles. The van der Waals surface area contributed by atoms with Gasteiger partial charge in [-0.2, -0.15) is 0 Å². The summed E-state index contributed by atoms with van der Waals surface area (Å²) in [6, 6.07) is 7.65. The van der Waals surface area contributed by atoms with Gasteiger partial charge in [-0.05, 0) is 18.4 Å². The summed E-state index contributed by atoms with van der Waals surface area (Å²) >= 11 is 0. The number of aliphatic hydroxyl groups is 1. The SMILES string of the molecule is O=C(N[C@@H](Cc1c[nH]cn1)C(=O)N1CCC[C@H]1C(=O)NCCO)OCc1ccccc1. The number of likely N-dealkylation sites (tertiary alicyclic amines) is 1. The molecule has 0 unspecified atom stereocenters. The molecule has 0 radical (unpaired) electrons. The fraction of sp³-hybridized carbons (Fsp3) is 0.429. The van der Waals surface area contributed by atoms with Gasteiger partial charge in [-0.25, -0.2) is 9.78 Å². The normalized spacial score (nSPS) is 16.5. The van der Waals surface area contributed by atoms with Gasteiger partial charge in [-0.1, -0.05) is 30.3 Å². The highest BCUT2D eigenvalue weighted by Gasteiger charge is 2.38. The van der Waals surface area contributed by atoms with Crippen molar-refractivity contribution in [2.45, 2.75) is 38.0 Å². The van der Waals surface area contributed by atoms with Crippen LogP contribution in [0.1, 0.15) is 24.1 Å². The van der Waals surface area contributed by atoms with Crippen LogP contribution in [-0.4, -0.2) is 69.7 Å². The smallest absolute Gasteiger partial charge is 0.408 e. The van der Waals surface area contributed by atoms with Crippen LogP contribution in [0.2, 0.25) is 0 Å². The third kappa shape index (κ3) is 6.29. The summed E-state index contributed by atoms with van der Waals surface area (Å²) in [6.07, 6.45) is 3.77. The number of nitrogens with zero attached hydrogens (tertiary/aromatic N) is 2. The maximum absolute atomic E-state index is 13.3. The topological polar surface area (TPSA) is 137 Å². The number of rotatable bonds is 9. The van der Waals surface area contributed by atoms with Crippen LogP contribution in [0.5, 0.6) is 0 Å². The van der Waals surface area contributed by atoms with Crippen molar-refractivity contribution in [3.63, 3.8) is 0 Å². The first-order valence-corrected chi connectivity index (χ1v) is 10.2. The maximum Gasteiger partial charge on any atom is 0.408 e. The van der Waals surface area contributed by atoms with E-state index in [-0.39, 0.29) is 38.0 Å². The first-order chi connectivity index (χ1) is 15.1. The Morgan fingerprint density at radius 3 is 2.81 bits per heavy atom. The number of ether oxygens (including phenoxy) is 1. The number of benzene rings is 1. The largest absolute Gasteiger partial charge is 0.445 e. The average molecular weight is 429 g/mol. The van der Waals surface area contributed by atoms with E-state index in [1.54, 1.807) is 6.20 Å².